The zero-order chi connectivity index (χ0) is 26.1. The molecule has 1 spiro atoms. The number of carbonyl (C=O) groups excluding carboxylic acids is 1. The van der Waals surface area contributed by atoms with Crippen molar-refractivity contribution in [2.75, 3.05) is 18.9 Å². The maximum Gasteiger partial charge on any atom is 0.266 e. The van der Waals surface area contributed by atoms with Crippen LogP contribution in [0.15, 0.2) is 34.9 Å². The van der Waals surface area contributed by atoms with E-state index >= 15 is 0 Å². The molecule has 1 amide bonds. The number of nitrogens with one attached hydrogen (secondary N) is 2. The van der Waals surface area contributed by atoms with Crippen molar-refractivity contribution in [2.45, 2.75) is 82.9 Å². The highest BCUT2D eigenvalue weighted by Gasteiger charge is 2.46. The van der Waals surface area contributed by atoms with Crippen LogP contribution in [0.4, 0.5) is 0 Å². The lowest BCUT2D eigenvalue weighted by atomic mass is 9.72. The first-order valence-corrected chi connectivity index (χ1v) is 14.5. The average molecular weight is 533 g/mol. The fourth-order valence-corrected chi connectivity index (χ4v) is 6.02. The van der Waals surface area contributed by atoms with Crippen LogP contribution in [0.2, 0.25) is 0 Å². The van der Waals surface area contributed by atoms with E-state index in [4.69, 9.17) is 21.3 Å². The Morgan fingerprint density at radius 1 is 1.26 bits per heavy atom. The van der Waals surface area contributed by atoms with E-state index in [0.717, 1.165) is 38.5 Å². The fourth-order valence-electron chi connectivity index (χ4n) is 5.45. The van der Waals surface area contributed by atoms with Crippen molar-refractivity contribution in [3.05, 3.63) is 34.9 Å². The number of allylic oxidation sites excluding steroid dienone is 1. The van der Waals surface area contributed by atoms with Gasteiger partial charge in [-0.15, -0.1) is 0 Å². The summed E-state index contributed by atoms with van der Waals surface area (Å²) < 4.78 is 30.4. The number of hydrogen-bond acceptors (Lipinski definition) is 6. The second-order valence-electron chi connectivity index (χ2n) is 9.87. The number of halogens is 1. The first kappa shape index (κ1) is 30.0. The molecule has 5 atom stereocenters. The monoisotopic (exact) mass is 532 g/mol. The molecule has 35 heavy (non-hydrogen) atoms. The predicted octanol–water partition coefficient (Wildman–Crippen LogP) is 3.07. The molecule has 1 saturated heterocycles. The number of aliphatic hydroxyl groups excluding tert-OH is 2. The van der Waals surface area contributed by atoms with Crippen molar-refractivity contribution in [2.24, 2.45) is 11.8 Å². The number of carbonyl (C=O) groups is 1. The van der Waals surface area contributed by atoms with Gasteiger partial charge in [0.25, 0.3) is 10.1 Å². The molecule has 5 N–H and O–H groups in total. The van der Waals surface area contributed by atoms with E-state index in [1.54, 1.807) is 19.1 Å². The second-order valence-corrected chi connectivity index (χ2v) is 11.9. The third kappa shape index (κ3) is 9.98. The van der Waals surface area contributed by atoms with Gasteiger partial charge >= 0.3 is 0 Å². The number of aliphatic hydroxyl groups is 2. The van der Waals surface area contributed by atoms with Crippen LogP contribution >= 0.6 is 11.6 Å². The second kappa shape index (κ2) is 13.9. The van der Waals surface area contributed by atoms with E-state index in [2.05, 4.69) is 23.6 Å². The van der Waals surface area contributed by atoms with Crippen LogP contribution < -0.4 is 10.6 Å². The molecule has 0 aromatic heterocycles. The maximum absolute atomic E-state index is 12.2. The van der Waals surface area contributed by atoms with Crippen LogP contribution in [0.1, 0.15) is 65.2 Å². The van der Waals surface area contributed by atoms with E-state index in [0.29, 0.717) is 29.4 Å². The quantitative estimate of drug-likeness (QED) is 0.148. The third-order valence-electron chi connectivity index (χ3n) is 7.18. The van der Waals surface area contributed by atoms with Crippen molar-refractivity contribution in [3.63, 3.8) is 0 Å². The van der Waals surface area contributed by atoms with Gasteiger partial charge in [0, 0.05) is 41.8 Å². The Morgan fingerprint density at radius 2 is 1.94 bits per heavy atom. The topological polar surface area (TPSA) is 136 Å². The molecule has 1 heterocycles. The molecule has 0 aromatic rings. The molecule has 2 aliphatic rings. The van der Waals surface area contributed by atoms with Crippen molar-refractivity contribution >= 4 is 27.6 Å². The Bertz CT molecular complexity index is 904. The highest BCUT2D eigenvalue weighted by atomic mass is 35.5. The summed E-state index contributed by atoms with van der Waals surface area (Å²) in [7, 11) is -4.10. The molecular weight excluding hydrogens is 492 g/mol. The highest BCUT2D eigenvalue weighted by Crippen LogP contribution is 2.46. The SMILES string of the molecule is C/C(=C\CC1CCCC2(CCCC2C(C)/C=C/C(O)/C=C(\Cl)CCO)N1)C(=O)NCCS(=O)(=O)O. The van der Waals surface area contributed by atoms with Gasteiger partial charge < -0.3 is 20.8 Å². The maximum atomic E-state index is 12.2. The Hall–Kier alpha value is -1.23. The van der Waals surface area contributed by atoms with Crippen molar-refractivity contribution < 1.29 is 28.0 Å². The molecule has 8 nitrogen and oxygen atoms in total. The Morgan fingerprint density at radius 3 is 2.60 bits per heavy atom. The first-order chi connectivity index (χ1) is 16.5. The van der Waals surface area contributed by atoms with E-state index in [9.17, 15) is 18.3 Å². The summed E-state index contributed by atoms with van der Waals surface area (Å²) in [5.41, 5.74) is 0.574. The van der Waals surface area contributed by atoms with Crippen LogP contribution in [0.3, 0.4) is 0 Å². The van der Waals surface area contributed by atoms with Gasteiger partial charge in [0.2, 0.25) is 5.91 Å². The summed E-state index contributed by atoms with van der Waals surface area (Å²) in [5, 5.41) is 26.0. The van der Waals surface area contributed by atoms with Gasteiger partial charge in [-0.2, -0.15) is 8.42 Å². The molecule has 1 aliphatic carbocycles. The number of piperidine rings is 1. The van der Waals surface area contributed by atoms with Gasteiger partial charge in [-0.1, -0.05) is 49.6 Å². The molecule has 10 heteroatoms. The van der Waals surface area contributed by atoms with Crippen LogP contribution in [0.25, 0.3) is 0 Å². The summed E-state index contributed by atoms with van der Waals surface area (Å²) >= 11 is 6.00. The molecule has 0 radical (unpaired) electrons. The summed E-state index contributed by atoms with van der Waals surface area (Å²) in [4.78, 5) is 12.2. The predicted molar refractivity (Wildman–Crippen MR) is 139 cm³/mol. The fraction of sp³-hybridized carbons (Fsp3) is 0.720. The number of rotatable bonds is 12. The number of amides is 1. The summed E-state index contributed by atoms with van der Waals surface area (Å²) in [6.07, 6.45) is 14.2. The summed E-state index contributed by atoms with van der Waals surface area (Å²) in [6.45, 7) is 3.72. The minimum atomic E-state index is -4.10. The van der Waals surface area contributed by atoms with Crippen molar-refractivity contribution in [3.8, 4) is 0 Å². The molecule has 0 aromatic carbocycles. The smallest absolute Gasteiger partial charge is 0.266 e. The lowest BCUT2D eigenvalue weighted by Crippen LogP contribution is -2.56. The minimum Gasteiger partial charge on any atom is -0.396 e. The molecular formula is C25H41ClN2O6S. The van der Waals surface area contributed by atoms with Gasteiger partial charge in [0.1, 0.15) is 0 Å². The highest BCUT2D eigenvalue weighted by molar-refractivity contribution is 7.85. The van der Waals surface area contributed by atoms with Crippen LogP contribution in [0.5, 0.6) is 0 Å². The Balaban J connectivity index is 1.95. The molecule has 1 saturated carbocycles. The average Bonchev–Trinajstić information content (AvgIpc) is 3.17. The van der Waals surface area contributed by atoms with E-state index in [-0.39, 0.29) is 36.6 Å². The van der Waals surface area contributed by atoms with E-state index in [1.165, 1.54) is 0 Å². The van der Waals surface area contributed by atoms with Crippen LogP contribution in [-0.2, 0) is 14.9 Å². The van der Waals surface area contributed by atoms with E-state index in [1.807, 2.05) is 6.08 Å². The van der Waals surface area contributed by atoms with Gasteiger partial charge in [-0.25, -0.2) is 0 Å². The van der Waals surface area contributed by atoms with Crippen LogP contribution in [-0.4, -0.2) is 65.7 Å². The van der Waals surface area contributed by atoms with Gasteiger partial charge in [0.05, 0.1) is 11.9 Å². The lowest BCUT2D eigenvalue weighted by Gasteiger charge is -2.45. The van der Waals surface area contributed by atoms with E-state index < -0.39 is 22.0 Å². The largest absolute Gasteiger partial charge is 0.396 e. The lowest BCUT2D eigenvalue weighted by molar-refractivity contribution is -0.117. The Kier molecular flexibility index (Phi) is 11.9. The van der Waals surface area contributed by atoms with Gasteiger partial charge in [-0.3, -0.25) is 9.35 Å². The molecule has 2 rings (SSSR count). The summed E-state index contributed by atoms with van der Waals surface area (Å²) in [5.74, 6) is -0.118. The van der Waals surface area contributed by atoms with Gasteiger partial charge in [0.15, 0.2) is 0 Å². The minimum absolute atomic E-state index is 0.0431. The zero-order valence-electron chi connectivity index (χ0n) is 20.7. The van der Waals surface area contributed by atoms with Gasteiger partial charge in [-0.05, 0) is 56.9 Å². The normalized spacial score (nSPS) is 27.9. The molecule has 2 fully saturated rings. The number of hydrogen-bond donors (Lipinski definition) is 5. The zero-order valence-corrected chi connectivity index (χ0v) is 22.3. The molecule has 200 valence electrons. The third-order valence-corrected chi connectivity index (χ3v) is 8.21. The van der Waals surface area contributed by atoms with Crippen molar-refractivity contribution in [1.29, 1.82) is 0 Å². The first-order valence-electron chi connectivity index (χ1n) is 12.5. The molecule has 1 aliphatic heterocycles. The molecule has 0 bridgehead atoms. The standard InChI is InChI=1S/C25H41ClN2O6S/c1-18(8-10-22(30)17-20(26)11-15-29)23-6-4-13-25(23)12-3-5-21(28-25)9-7-19(2)24(31)27-14-16-35(32,33)34/h7-8,10,17-18,21-23,28-30H,3-6,9,11-16H2,1-2H3,(H,27,31)(H,32,33,34)/b10-8+,19-7+,20-17-. The molecule has 5 unspecified atom stereocenters. The van der Waals surface area contributed by atoms with Crippen molar-refractivity contribution in [1.82, 2.24) is 10.6 Å². The van der Waals surface area contributed by atoms with Crippen LogP contribution in [0, 0.1) is 11.8 Å². The Labute approximate surface area is 214 Å². The summed E-state index contributed by atoms with van der Waals surface area (Å²) in [6, 6.07) is 0.256.